The van der Waals surface area contributed by atoms with Crippen molar-refractivity contribution in [3.8, 4) is 5.75 Å². The van der Waals surface area contributed by atoms with Crippen LogP contribution < -0.4 is 15.2 Å². The maximum absolute atomic E-state index is 12.6. The van der Waals surface area contributed by atoms with Gasteiger partial charge >= 0.3 is 0 Å². The Morgan fingerprint density at radius 2 is 2.07 bits per heavy atom. The Balaban J connectivity index is 1.51. The number of nitrogens with one attached hydrogen (secondary N) is 1. The Hall–Kier alpha value is -2.34. The molecule has 3 heterocycles. The summed E-state index contributed by atoms with van der Waals surface area (Å²) in [5, 5.41) is 0. The number of nitrogens with zero attached hydrogens (tertiary/aromatic N) is 3. The molecule has 1 saturated heterocycles. The molecule has 4 rings (SSSR count). The van der Waals surface area contributed by atoms with E-state index in [1.54, 1.807) is 7.11 Å². The van der Waals surface area contributed by atoms with E-state index in [2.05, 4.69) is 33.8 Å². The number of hydrogen-bond donors (Lipinski definition) is 1. The molecule has 0 unspecified atom stereocenters. The standard InChI is InChI=1S/C21H28N4O2/c1-15-4-3-10-25(12-15)21-22-19-14-24(11-9-18(19)20(26)23-21)13-16-5-7-17(27-2)8-6-16/h5-8,15H,3-4,9-14H2,1-2H3,(H,22,23,26)/t15-/m1/s1. The topological polar surface area (TPSA) is 61.5 Å². The number of rotatable bonds is 4. The highest BCUT2D eigenvalue weighted by atomic mass is 16.5. The highest BCUT2D eigenvalue weighted by Crippen LogP contribution is 2.22. The van der Waals surface area contributed by atoms with Gasteiger partial charge in [-0.25, -0.2) is 4.98 Å². The summed E-state index contributed by atoms with van der Waals surface area (Å²) < 4.78 is 5.23. The van der Waals surface area contributed by atoms with Crippen LogP contribution in [0.15, 0.2) is 29.1 Å². The summed E-state index contributed by atoms with van der Waals surface area (Å²) in [4.78, 5) is 25.1. The Morgan fingerprint density at radius 1 is 1.26 bits per heavy atom. The van der Waals surface area contributed by atoms with Crippen molar-refractivity contribution >= 4 is 5.95 Å². The van der Waals surface area contributed by atoms with E-state index in [9.17, 15) is 4.79 Å². The molecule has 0 aliphatic carbocycles. The molecular weight excluding hydrogens is 340 g/mol. The minimum absolute atomic E-state index is 0.0392. The molecule has 1 atom stereocenters. The van der Waals surface area contributed by atoms with Crippen LogP contribution in [0.4, 0.5) is 5.95 Å². The number of anilines is 1. The molecule has 0 radical (unpaired) electrons. The summed E-state index contributed by atoms with van der Waals surface area (Å²) in [5.41, 5.74) is 3.08. The van der Waals surface area contributed by atoms with Gasteiger partial charge in [-0.15, -0.1) is 0 Å². The van der Waals surface area contributed by atoms with Gasteiger partial charge in [-0.05, 0) is 42.9 Å². The SMILES string of the molecule is COc1ccc(CN2CCc3c(nc(N4CCC[C@@H](C)C4)[nH]c3=O)C2)cc1. The van der Waals surface area contributed by atoms with E-state index < -0.39 is 0 Å². The van der Waals surface area contributed by atoms with Gasteiger partial charge in [0.1, 0.15) is 5.75 Å². The monoisotopic (exact) mass is 368 g/mol. The van der Waals surface area contributed by atoms with Crippen molar-refractivity contribution in [2.24, 2.45) is 5.92 Å². The van der Waals surface area contributed by atoms with Crippen molar-refractivity contribution in [1.29, 1.82) is 0 Å². The van der Waals surface area contributed by atoms with Crippen LogP contribution in [-0.4, -0.2) is 41.6 Å². The fourth-order valence-electron chi connectivity index (χ4n) is 4.14. The summed E-state index contributed by atoms with van der Waals surface area (Å²) in [5.74, 6) is 2.26. The average molecular weight is 368 g/mol. The largest absolute Gasteiger partial charge is 0.497 e. The lowest BCUT2D eigenvalue weighted by molar-refractivity contribution is 0.240. The van der Waals surface area contributed by atoms with Crippen LogP contribution in [0.1, 0.15) is 36.6 Å². The zero-order valence-electron chi connectivity index (χ0n) is 16.2. The predicted molar refractivity (Wildman–Crippen MR) is 106 cm³/mol. The Bertz CT molecular complexity index is 846. The summed E-state index contributed by atoms with van der Waals surface area (Å²) in [6.45, 7) is 6.66. The molecule has 6 heteroatoms. The fraction of sp³-hybridized carbons (Fsp3) is 0.524. The lowest BCUT2D eigenvalue weighted by Gasteiger charge is -2.33. The third-order valence-corrected chi connectivity index (χ3v) is 5.66. The Labute approximate surface area is 160 Å². The maximum atomic E-state index is 12.6. The molecule has 1 aromatic heterocycles. The van der Waals surface area contributed by atoms with E-state index in [1.807, 2.05) is 12.1 Å². The zero-order chi connectivity index (χ0) is 18.8. The van der Waals surface area contributed by atoms with E-state index in [0.29, 0.717) is 5.92 Å². The van der Waals surface area contributed by atoms with Gasteiger partial charge in [0.05, 0.1) is 12.8 Å². The molecule has 144 valence electrons. The van der Waals surface area contributed by atoms with Gasteiger partial charge in [-0.3, -0.25) is 14.7 Å². The Kier molecular flexibility index (Phi) is 5.16. The number of methoxy groups -OCH3 is 1. The van der Waals surface area contributed by atoms with Gasteiger partial charge in [-0.1, -0.05) is 19.1 Å². The van der Waals surface area contributed by atoms with Crippen molar-refractivity contribution in [3.05, 3.63) is 51.4 Å². The molecule has 27 heavy (non-hydrogen) atoms. The maximum Gasteiger partial charge on any atom is 0.255 e. The molecule has 0 spiro atoms. The van der Waals surface area contributed by atoms with Gasteiger partial charge in [-0.2, -0.15) is 0 Å². The average Bonchev–Trinajstić information content (AvgIpc) is 2.68. The highest BCUT2D eigenvalue weighted by Gasteiger charge is 2.24. The number of benzene rings is 1. The first kappa shape index (κ1) is 18.0. The van der Waals surface area contributed by atoms with Gasteiger partial charge in [0, 0.05) is 38.3 Å². The third kappa shape index (κ3) is 4.00. The molecule has 0 amide bonds. The van der Waals surface area contributed by atoms with Gasteiger partial charge in [0.15, 0.2) is 0 Å². The molecule has 1 N–H and O–H groups in total. The van der Waals surface area contributed by atoms with Crippen LogP contribution in [0.2, 0.25) is 0 Å². The second-order valence-corrected chi connectivity index (χ2v) is 7.82. The first-order chi connectivity index (χ1) is 13.1. The zero-order valence-corrected chi connectivity index (χ0v) is 16.2. The quantitative estimate of drug-likeness (QED) is 0.899. The van der Waals surface area contributed by atoms with Crippen molar-refractivity contribution in [2.75, 3.05) is 31.6 Å². The molecule has 0 bridgehead atoms. The second kappa shape index (κ2) is 7.72. The van der Waals surface area contributed by atoms with Crippen molar-refractivity contribution in [3.63, 3.8) is 0 Å². The number of H-pyrrole nitrogens is 1. The van der Waals surface area contributed by atoms with Crippen LogP contribution in [-0.2, 0) is 19.5 Å². The van der Waals surface area contributed by atoms with Crippen molar-refractivity contribution in [1.82, 2.24) is 14.9 Å². The second-order valence-electron chi connectivity index (χ2n) is 7.82. The smallest absolute Gasteiger partial charge is 0.255 e. The normalized spacial score (nSPS) is 20.4. The first-order valence-corrected chi connectivity index (χ1v) is 9.84. The molecule has 1 fully saturated rings. The number of fused-ring (bicyclic) bond motifs is 1. The van der Waals surface area contributed by atoms with Crippen LogP contribution in [0.3, 0.4) is 0 Å². The van der Waals surface area contributed by atoms with Crippen molar-refractivity contribution < 1.29 is 4.74 Å². The van der Waals surface area contributed by atoms with E-state index in [1.165, 1.54) is 12.0 Å². The van der Waals surface area contributed by atoms with E-state index in [4.69, 9.17) is 9.72 Å². The van der Waals surface area contributed by atoms with Crippen LogP contribution in [0.25, 0.3) is 0 Å². The molecule has 2 aromatic rings. The van der Waals surface area contributed by atoms with Crippen LogP contribution in [0, 0.1) is 5.92 Å². The van der Waals surface area contributed by atoms with Gasteiger partial charge in [0.2, 0.25) is 5.95 Å². The van der Waals surface area contributed by atoms with Crippen LogP contribution in [0.5, 0.6) is 5.75 Å². The first-order valence-electron chi connectivity index (χ1n) is 9.84. The van der Waals surface area contributed by atoms with Gasteiger partial charge in [0.25, 0.3) is 5.56 Å². The minimum atomic E-state index is 0.0392. The van der Waals surface area contributed by atoms with Crippen molar-refractivity contribution in [2.45, 2.75) is 39.3 Å². The molecule has 2 aliphatic heterocycles. The number of piperidine rings is 1. The van der Waals surface area contributed by atoms with E-state index >= 15 is 0 Å². The van der Waals surface area contributed by atoms with E-state index in [-0.39, 0.29) is 5.56 Å². The van der Waals surface area contributed by atoms with Gasteiger partial charge < -0.3 is 9.64 Å². The third-order valence-electron chi connectivity index (χ3n) is 5.66. The molecule has 6 nitrogen and oxygen atoms in total. The molecule has 0 saturated carbocycles. The minimum Gasteiger partial charge on any atom is -0.497 e. The summed E-state index contributed by atoms with van der Waals surface area (Å²) in [6.07, 6.45) is 3.16. The van der Waals surface area contributed by atoms with Crippen LogP contribution >= 0.6 is 0 Å². The summed E-state index contributed by atoms with van der Waals surface area (Å²) >= 11 is 0. The lowest BCUT2D eigenvalue weighted by atomic mass is 10.0. The molecule has 1 aromatic carbocycles. The Morgan fingerprint density at radius 3 is 2.81 bits per heavy atom. The summed E-state index contributed by atoms with van der Waals surface area (Å²) in [6, 6.07) is 8.18. The number of aromatic amines is 1. The summed E-state index contributed by atoms with van der Waals surface area (Å²) in [7, 11) is 1.68. The lowest BCUT2D eigenvalue weighted by Crippen LogP contribution is -2.39. The highest BCUT2D eigenvalue weighted by molar-refractivity contribution is 5.35. The number of ether oxygens (including phenoxy) is 1. The molecular formula is C21H28N4O2. The van der Waals surface area contributed by atoms with E-state index in [0.717, 1.165) is 68.5 Å². The fourth-order valence-corrected chi connectivity index (χ4v) is 4.14. The number of hydrogen-bond acceptors (Lipinski definition) is 5. The number of aromatic nitrogens is 2. The molecule has 2 aliphatic rings. The predicted octanol–water partition coefficient (Wildman–Crippen LogP) is 2.57.